The highest BCUT2D eigenvalue weighted by Crippen LogP contribution is 2.23. The van der Waals surface area contributed by atoms with Crippen LogP contribution in [0.3, 0.4) is 0 Å². The van der Waals surface area contributed by atoms with E-state index in [-0.39, 0.29) is 0 Å². The molecule has 20 heavy (non-hydrogen) atoms. The zero-order chi connectivity index (χ0) is 14.4. The molecule has 2 rings (SSSR count). The number of hydrogen-bond acceptors (Lipinski definition) is 4. The minimum absolute atomic E-state index is 0.449. The Morgan fingerprint density at radius 1 is 1.10 bits per heavy atom. The summed E-state index contributed by atoms with van der Waals surface area (Å²) in [6.45, 7) is -0.760. The van der Waals surface area contributed by atoms with Gasteiger partial charge >= 0.3 is 0 Å². The van der Waals surface area contributed by atoms with E-state index in [1.54, 1.807) is 36.4 Å². The SMILES string of the molecule is O=C(C[N+](=O)[O-])Nc1cccc(Oc2ccccc2)c1. The number of hydrogen-bond donors (Lipinski definition) is 1. The van der Waals surface area contributed by atoms with Gasteiger partial charge in [0.1, 0.15) is 11.5 Å². The summed E-state index contributed by atoms with van der Waals surface area (Å²) >= 11 is 0. The quantitative estimate of drug-likeness (QED) is 0.670. The first-order chi connectivity index (χ1) is 9.63. The third-order valence-electron chi connectivity index (χ3n) is 2.37. The first kappa shape index (κ1) is 13.5. The summed E-state index contributed by atoms with van der Waals surface area (Å²) in [7, 11) is 0. The van der Waals surface area contributed by atoms with Gasteiger partial charge < -0.3 is 10.1 Å². The van der Waals surface area contributed by atoms with Gasteiger partial charge in [0, 0.05) is 16.7 Å². The maximum absolute atomic E-state index is 11.3. The number of nitro groups is 1. The molecule has 2 aromatic rings. The minimum Gasteiger partial charge on any atom is -0.457 e. The van der Waals surface area contributed by atoms with Crippen LogP contribution in [0.15, 0.2) is 54.6 Å². The van der Waals surface area contributed by atoms with E-state index in [4.69, 9.17) is 4.74 Å². The largest absolute Gasteiger partial charge is 0.457 e. The van der Waals surface area contributed by atoms with Gasteiger partial charge in [0.2, 0.25) is 0 Å². The second kappa shape index (κ2) is 6.33. The van der Waals surface area contributed by atoms with Crippen molar-refractivity contribution in [1.82, 2.24) is 0 Å². The van der Waals surface area contributed by atoms with Crippen LogP contribution in [-0.4, -0.2) is 17.4 Å². The fraction of sp³-hybridized carbons (Fsp3) is 0.0714. The van der Waals surface area contributed by atoms with E-state index in [9.17, 15) is 14.9 Å². The molecule has 6 heteroatoms. The first-order valence-electron chi connectivity index (χ1n) is 5.88. The van der Waals surface area contributed by atoms with Crippen LogP contribution in [0.2, 0.25) is 0 Å². The molecule has 102 valence electrons. The predicted octanol–water partition coefficient (Wildman–Crippen LogP) is 2.69. The molecule has 0 bridgehead atoms. The molecule has 0 saturated carbocycles. The zero-order valence-electron chi connectivity index (χ0n) is 10.5. The number of rotatable bonds is 5. The minimum atomic E-state index is -0.760. The Labute approximate surface area is 115 Å². The molecular weight excluding hydrogens is 260 g/mol. The molecule has 0 radical (unpaired) electrons. The summed E-state index contributed by atoms with van der Waals surface area (Å²) in [5, 5.41) is 12.7. The molecular formula is C14H12N2O4. The third kappa shape index (κ3) is 4.09. The van der Waals surface area contributed by atoms with Crippen molar-refractivity contribution < 1.29 is 14.5 Å². The van der Waals surface area contributed by atoms with E-state index in [0.717, 1.165) is 0 Å². The number of ether oxygens (including phenoxy) is 1. The van der Waals surface area contributed by atoms with Crippen molar-refractivity contribution in [2.75, 3.05) is 11.9 Å². The highest BCUT2D eigenvalue weighted by molar-refractivity contribution is 5.91. The fourth-order valence-electron chi connectivity index (χ4n) is 1.58. The van der Waals surface area contributed by atoms with E-state index in [1.807, 2.05) is 18.2 Å². The van der Waals surface area contributed by atoms with Crippen molar-refractivity contribution >= 4 is 11.6 Å². The second-order valence-electron chi connectivity index (χ2n) is 3.98. The van der Waals surface area contributed by atoms with Gasteiger partial charge in [0.05, 0.1) is 0 Å². The fourth-order valence-corrected chi connectivity index (χ4v) is 1.58. The van der Waals surface area contributed by atoms with Gasteiger partial charge in [0.15, 0.2) is 0 Å². The number of nitrogens with one attached hydrogen (secondary N) is 1. The van der Waals surface area contributed by atoms with Crippen molar-refractivity contribution in [3.8, 4) is 11.5 Å². The Bertz CT molecular complexity index is 614. The van der Waals surface area contributed by atoms with Crippen molar-refractivity contribution in [3.63, 3.8) is 0 Å². The van der Waals surface area contributed by atoms with Crippen LogP contribution in [0.25, 0.3) is 0 Å². The summed E-state index contributed by atoms with van der Waals surface area (Å²) in [5.41, 5.74) is 0.449. The monoisotopic (exact) mass is 272 g/mol. The molecule has 0 unspecified atom stereocenters. The standard InChI is InChI=1S/C14H12N2O4/c17-14(10-16(18)19)15-11-5-4-8-13(9-11)20-12-6-2-1-3-7-12/h1-9H,10H2,(H,15,17). The van der Waals surface area contributed by atoms with Gasteiger partial charge in [0.25, 0.3) is 12.5 Å². The second-order valence-corrected chi connectivity index (χ2v) is 3.98. The van der Waals surface area contributed by atoms with Crippen LogP contribution in [0, 0.1) is 10.1 Å². The van der Waals surface area contributed by atoms with E-state index in [1.165, 1.54) is 0 Å². The highest BCUT2D eigenvalue weighted by atomic mass is 16.6. The number of carbonyl (C=O) groups excluding carboxylic acids is 1. The Hall–Kier alpha value is -2.89. The smallest absolute Gasteiger partial charge is 0.296 e. The summed E-state index contributed by atoms with van der Waals surface area (Å²) in [6.07, 6.45) is 0. The molecule has 0 aliphatic rings. The Kier molecular flexibility index (Phi) is 4.28. The molecule has 0 aromatic heterocycles. The molecule has 0 fully saturated rings. The molecule has 6 nitrogen and oxygen atoms in total. The maximum Gasteiger partial charge on any atom is 0.296 e. The number of benzene rings is 2. The Morgan fingerprint density at radius 3 is 2.50 bits per heavy atom. The van der Waals surface area contributed by atoms with Gasteiger partial charge in [-0.2, -0.15) is 0 Å². The molecule has 0 atom stereocenters. The van der Waals surface area contributed by atoms with Crippen molar-refractivity contribution in [1.29, 1.82) is 0 Å². The molecule has 2 aromatic carbocycles. The molecule has 1 N–H and O–H groups in total. The number of carbonyl (C=O) groups is 1. The summed E-state index contributed by atoms with van der Waals surface area (Å²) in [5.74, 6) is 0.531. The topological polar surface area (TPSA) is 81.5 Å². The van der Waals surface area contributed by atoms with E-state index >= 15 is 0 Å². The Balaban J connectivity index is 2.04. The van der Waals surface area contributed by atoms with E-state index < -0.39 is 17.4 Å². The predicted molar refractivity (Wildman–Crippen MR) is 73.4 cm³/mol. The van der Waals surface area contributed by atoms with Gasteiger partial charge in [-0.1, -0.05) is 24.3 Å². The van der Waals surface area contributed by atoms with E-state index in [0.29, 0.717) is 17.2 Å². The average Bonchev–Trinajstić information content (AvgIpc) is 2.39. The van der Waals surface area contributed by atoms with Gasteiger partial charge in [-0.25, -0.2) is 0 Å². The summed E-state index contributed by atoms with van der Waals surface area (Å²) < 4.78 is 5.60. The van der Waals surface area contributed by atoms with Gasteiger partial charge in [-0.15, -0.1) is 0 Å². The van der Waals surface area contributed by atoms with Crippen LogP contribution >= 0.6 is 0 Å². The van der Waals surface area contributed by atoms with Crippen LogP contribution in [0.4, 0.5) is 5.69 Å². The highest BCUT2D eigenvalue weighted by Gasteiger charge is 2.09. The molecule has 0 heterocycles. The van der Waals surface area contributed by atoms with E-state index in [2.05, 4.69) is 5.32 Å². The molecule has 0 spiro atoms. The number of anilines is 1. The van der Waals surface area contributed by atoms with Crippen LogP contribution in [0.5, 0.6) is 11.5 Å². The lowest BCUT2D eigenvalue weighted by Crippen LogP contribution is -2.21. The van der Waals surface area contributed by atoms with Crippen LogP contribution in [0.1, 0.15) is 0 Å². The van der Waals surface area contributed by atoms with Crippen LogP contribution < -0.4 is 10.1 Å². The average molecular weight is 272 g/mol. The third-order valence-corrected chi connectivity index (χ3v) is 2.37. The molecule has 0 aliphatic heterocycles. The van der Waals surface area contributed by atoms with Gasteiger partial charge in [-0.3, -0.25) is 14.9 Å². The summed E-state index contributed by atoms with van der Waals surface area (Å²) in [4.78, 5) is 20.8. The molecule has 1 amide bonds. The van der Waals surface area contributed by atoms with Crippen LogP contribution in [-0.2, 0) is 4.79 Å². The lowest BCUT2D eigenvalue weighted by Gasteiger charge is -2.07. The zero-order valence-corrected chi connectivity index (χ0v) is 10.5. The number of nitrogens with zero attached hydrogens (tertiary/aromatic N) is 1. The first-order valence-corrected chi connectivity index (χ1v) is 5.88. The number of para-hydroxylation sites is 1. The molecule has 0 saturated heterocycles. The lowest BCUT2D eigenvalue weighted by atomic mass is 10.3. The molecule has 0 aliphatic carbocycles. The summed E-state index contributed by atoms with van der Waals surface area (Å²) in [6, 6.07) is 15.8. The van der Waals surface area contributed by atoms with Crippen molar-refractivity contribution in [2.24, 2.45) is 0 Å². The van der Waals surface area contributed by atoms with Crippen molar-refractivity contribution in [3.05, 3.63) is 64.7 Å². The van der Waals surface area contributed by atoms with Gasteiger partial charge in [-0.05, 0) is 24.3 Å². The maximum atomic E-state index is 11.3. The Morgan fingerprint density at radius 2 is 1.80 bits per heavy atom. The lowest BCUT2D eigenvalue weighted by molar-refractivity contribution is -0.467. The van der Waals surface area contributed by atoms with Crippen molar-refractivity contribution in [2.45, 2.75) is 0 Å². The normalized spacial score (nSPS) is 9.80. The number of amides is 1.